The van der Waals surface area contributed by atoms with E-state index in [2.05, 4.69) is 39.1 Å². The highest BCUT2D eigenvalue weighted by Gasteiger charge is 2.21. The molecule has 1 atom stereocenters. The van der Waals surface area contributed by atoms with Gasteiger partial charge in [-0.1, -0.05) is 11.6 Å². The highest BCUT2D eigenvalue weighted by molar-refractivity contribution is 6.31. The predicted octanol–water partition coefficient (Wildman–Crippen LogP) is 3.14. The number of amides is 1. The van der Waals surface area contributed by atoms with Crippen LogP contribution < -0.4 is 5.32 Å². The molecule has 1 aromatic heterocycles. The molecule has 144 valence electrons. The van der Waals surface area contributed by atoms with E-state index in [1.165, 1.54) is 12.4 Å². The van der Waals surface area contributed by atoms with E-state index in [-0.39, 0.29) is 5.91 Å². The molecule has 1 fully saturated rings. The van der Waals surface area contributed by atoms with Crippen molar-refractivity contribution in [3.63, 3.8) is 0 Å². The Balaban J connectivity index is 1.77. The van der Waals surface area contributed by atoms with E-state index < -0.39 is 0 Å². The van der Waals surface area contributed by atoms with Crippen molar-refractivity contribution >= 4 is 23.2 Å². The fraction of sp³-hybridized carbons (Fsp3) is 0.450. The van der Waals surface area contributed by atoms with Crippen molar-refractivity contribution in [2.75, 3.05) is 32.0 Å². The van der Waals surface area contributed by atoms with Gasteiger partial charge in [-0.2, -0.15) is 0 Å². The molecule has 2 aromatic rings. The summed E-state index contributed by atoms with van der Waals surface area (Å²) in [5.74, 6) is 0.397. The van der Waals surface area contributed by atoms with E-state index in [9.17, 15) is 4.79 Å². The molecule has 0 saturated carbocycles. The van der Waals surface area contributed by atoms with E-state index in [1.54, 1.807) is 13.0 Å². The van der Waals surface area contributed by atoms with Crippen LogP contribution in [-0.4, -0.2) is 58.4 Å². The molecule has 3 rings (SSSR count). The van der Waals surface area contributed by atoms with Crippen LogP contribution in [0.2, 0.25) is 5.02 Å². The second-order valence-corrected chi connectivity index (χ2v) is 7.71. The first-order valence-electron chi connectivity index (χ1n) is 9.15. The number of hydrogen-bond acceptors (Lipinski definition) is 5. The fourth-order valence-corrected chi connectivity index (χ4v) is 3.48. The zero-order chi connectivity index (χ0) is 19.6. The maximum absolute atomic E-state index is 12.5. The Labute approximate surface area is 165 Å². The Hall–Kier alpha value is -2.02. The van der Waals surface area contributed by atoms with Crippen LogP contribution in [0, 0.1) is 13.8 Å². The first-order chi connectivity index (χ1) is 12.8. The van der Waals surface area contributed by atoms with E-state index in [0.717, 1.165) is 43.0 Å². The van der Waals surface area contributed by atoms with Crippen LogP contribution in [0.1, 0.15) is 34.2 Å². The van der Waals surface area contributed by atoms with Crippen molar-refractivity contribution in [3.8, 4) is 0 Å². The van der Waals surface area contributed by atoms with Crippen molar-refractivity contribution in [1.82, 2.24) is 19.8 Å². The van der Waals surface area contributed by atoms with Crippen molar-refractivity contribution in [3.05, 3.63) is 52.1 Å². The molecule has 2 heterocycles. The van der Waals surface area contributed by atoms with Gasteiger partial charge in [0.05, 0.1) is 5.56 Å². The summed E-state index contributed by atoms with van der Waals surface area (Å²) in [6, 6.07) is 4.31. The van der Waals surface area contributed by atoms with Crippen LogP contribution in [0.4, 0.5) is 5.69 Å². The van der Waals surface area contributed by atoms with Gasteiger partial charge in [0.1, 0.15) is 5.82 Å². The number of nitrogens with one attached hydrogen (secondary N) is 1. The van der Waals surface area contributed by atoms with Gasteiger partial charge >= 0.3 is 0 Å². The summed E-state index contributed by atoms with van der Waals surface area (Å²) in [6.45, 7) is 9.96. The molecule has 27 heavy (non-hydrogen) atoms. The average molecular weight is 388 g/mol. The smallest absolute Gasteiger partial charge is 0.258 e. The van der Waals surface area contributed by atoms with Crippen molar-refractivity contribution in [2.45, 2.75) is 33.4 Å². The molecule has 1 aromatic carbocycles. The largest absolute Gasteiger partial charge is 0.322 e. The van der Waals surface area contributed by atoms with Gasteiger partial charge in [0.25, 0.3) is 5.91 Å². The summed E-state index contributed by atoms with van der Waals surface area (Å²) in [5, 5.41) is 3.57. The van der Waals surface area contributed by atoms with Crippen molar-refractivity contribution < 1.29 is 4.79 Å². The Morgan fingerprint density at radius 2 is 1.96 bits per heavy atom. The summed E-state index contributed by atoms with van der Waals surface area (Å²) in [6.07, 6.45) is 3.06. The van der Waals surface area contributed by atoms with Crippen LogP contribution in [-0.2, 0) is 6.54 Å². The first kappa shape index (κ1) is 19.7. The summed E-state index contributed by atoms with van der Waals surface area (Å²) >= 11 is 6.34. The minimum absolute atomic E-state index is 0.237. The number of aryl methyl sites for hydroxylation is 1. The minimum atomic E-state index is -0.237. The monoisotopic (exact) mass is 387 g/mol. The lowest BCUT2D eigenvalue weighted by molar-refractivity contribution is 0.0998. The number of carbonyl (C=O) groups excluding carboxylic acids is 1. The summed E-state index contributed by atoms with van der Waals surface area (Å²) in [7, 11) is 2.16. The minimum Gasteiger partial charge on any atom is -0.322 e. The van der Waals surface area contributed by atoms with Crippen LogP contribution in [0.3, 0.4) is 0 Å². The van der Waals surface area contributed by atoms with Gasteiger partial charge in [-0.05, 0) is 51.1 Å². The second kappa shape index (κ2) is 8.33. The standard InChI is InChI=1S/C20H26ClN5O/c1-13-11-26(6-5-25(13)4)12-16-7-18(21)8-19(14(16)2)24-20(27)17-9-22-15(3)23-10-17/h7-10,13H,5-6,11-12H2,1-4H3,(H,24,27)/t13-/m0/s1. The van der Waals surface area contributed by atoms with E-state index in [0.29, 0.717) is 22.5 Å². The van der Waals surface area contributed by atoms with Gasteiger partial charge in [0.15, 0.2) is 0 Å². The van der Waals surface area contributed by atoms with Gasteiger partial charge < -0.3 is 10.2 Å². The molecule has 0 spiro atoms. The number of hydrogen-bond donors (Lipinski definition) is 1. The molecule has 1 aliphatic heterocycles. The molecule has 0 radical (unpaired) electrons. The van der Waals surface area contributed by atoms with Gasteiger partial charge in [0, 0.05) is 55.3 Å². The average Bonchev–Trinajstić information content (AvgIpc) is 2.62. The summed E-state index contributed by atoms with van der Waals surface area (Å²) in [5.41, 5.74) is 3.32. The molecule has 1 aliphatic rings. The zero-order valence-electron chi connectivity index (χ0n) is 16.3. The maximum Gasteiger partial charge on any atom is 0.258 e. The van der Waals surface area contributed by atoms with Crippen molar-refractivity contribution in [1.29, 1.82) is 0 Å². The van der Waals surface area contributed by atoms with Gasteiger partial charge in [-0.15, -0.1) is 0 Å². The molecule has 7 heteroatoms. The summed E-state index contributed by atoms with van der Waals surface area (Å²) < 4.78 is 0. The quantitative estimate of drug-likeness (QED) is 0.873. The van der Waals surface area contributed by atoms with E-state index >= 15 is 0 Å². The molecule has 1 saturated heterocycles. The molecule has 6 nitrogen and oxygen atoms in total. The Morgan fingerprint density at radius 1 is 1.26 bits per heavy atom. The Kier molecular flexibility index (Phi) is 6.09. The Bertz CT molecular complexity index is 824. The number of halogens is 1. The van der Waals surface area contributed by atoms with Crippen LogP contribution in [0.25, 0.3) is 0 Å². The number of rotatable bonds is 4. The van der Waals surface area contributed by atoms with Crippen LogP contribution >= 0.6 is 11.6 Å². The second-order valence-electron chi connectivity index (χ2n) is 7.28. The number of piperazine rings is 1. The molecule has 0 bridgehead atoms. The number of benzene rings is 1. The first-order valence-corrected chi connectivity index (χ1v) is 9.53. The molecule has 1 N–H and O–H groups in total. The van der Waals surface area contributed by atoms with Crippen LogP contribution in [0.5, 0.6) is 0 Å². The molecule has 1 amide bonds. The zero-order valence-corrected chi connectivity index (χ0v) is 17.0. The lowest BCUT2D eigenvalue weighted by Gasteiger charge is -2.38. The topological polar surface area (TPSA) is 61.4 Å². The number of nitrogens with zero attached hydrogens (tertiary/aromatic N) is 4. The van der Waals surface area contributed by atoms with Gasteiger partial charge in [-0.3, -0.25) is 9.69 Å². The fourth-order valence-electron chi connectivity index (χ4n) is 3.24. The SMILES string of the molecule is Cc1ncc(C(=O)Nc2cc(Cl)cc(CN3CCN(C)[C@@H](C)C3)c2C)cn1. The number of anilines is 1. The Morgan fingerprint density at radius 3 is 2.63 bits per heavy atom. The molecular weight excluding hydrogens is 362 g/mol. The molecule has 0 unspecified atom stereocenters. The molecular formula is C20H26ClN5O. The summed E-state index contributed by atoms with van der Waals surface area (Å²) in [4.78, 5) is 25.5. The maximum atomic E-state index is 12.5. The lowest BCUT2D eigenvalue weighted by Crippen LogP contribution is -2.49. The third kappa shape index (κ3) is 4.83. The number of aromatic nitrogens is 2. The highest BCUT2D eigenvalue weighted by Crippen LogP contribution is 2.27. The van der Waals surface area contributed by atoms with E-state index in [1.807, 2.05) is 13.0 Å². The third-order valence-corrected chi connectivity index (χ3v) is 5.43. The van der Waals surface area contributed by atoms with Gasteiger partial charge in [-0.25, -0.2) is 9.97 Å². The van der Waals surface area contributed by atoms with Crippen LogP contribution in [0.15, 0.2) is 24.5 Å². The van der Waals surface area contributed by atoms with Gasteiger partial charge in [0.2, 0.25) is 0 Å². The number of likely N-dealkylation sites (N-methyl/N-ethyl adjacent to an activating group) is 1. The number of carbonyl (C=O) groups is 1. The third-order valence-electron chi connectivity index (χ3n) is 5.21. The highest BCUT2D eigenvalue weighted by atomic mass is 35.5. The van der Waals surface area contributed by atoms with Crippen molar-refractivity contribution in [2.24, 2.45) is 0 Å². The normalized spacial score (nSPS) is 18.5. The molecule has 0 aliphatic carbocycles. The predicted molar refractivity (Wildman–Crippen MR) is 108 cm³/mol. The lowest BCUT2D eigenvalue weighted by atomic mass is 10.0. The van der Waals surface area contributed by atoms with E-state index in [4.69, 9.17) is 11.6 Å².